The summed E-state index contributed by atoms with van der Waals surface area (Å²) in [4.78, 5) is 18.8. The van der Waals surface area contributed by atoms with Crippen LogP contribution in [0.1, 0.15) is 21.5 Å². The summed E-state index contributed by atoms with van der Waals surface area (Å²) < 4.78 is 26.2. The molecule has 98 valence electrons. The molecule has 0 radical (unpaired) electrons. The number of amides is 1. The zero-order valence-electron chi connectivity index (χ0n) is 10.2. The van der Waals surface area contributed by atoms with Crippen LogP contribution in [0.2, 0.25) is 0 Å². The molecule has 19 heavy (non-hydrogen) atoms. The monoisotopic (exact) mass is 263 g/mol. The molecule has 2 heterocycles. The predicted octanol–water partition coefficient (Wildman–Crippen LogP) is 1.99. The first-order chi connectivity index (χ1) is 9.09. The lowest BCUT2D eigenvalue weighted by molar-refractivity contribution is 0.0945. The Morgan fingerprint density at radius 1 is 1.32 bits per heavy atom. The van der Waals surface area contributed by atoms with Gasteiger partial charge in [-0.2, -0.15) is 4.39 Å². The summed E-state index contributed by atoms with van der Waals surface area (Å²) >= 11 is 0. The molecule has 1 amide bonds. The molecule has 4 nitrogen and oxygen atoms in total. The lowest BCUT2D eigenvalue weighted by Gasteiger charge is -2.08. The number of carbonyl (C=O) groups is 1. The summed E-state index contributed by atoms with van der Waals surface area (Å²) in [6.45, 7) is 2.07. The average Bonchev–Trinajstić information content (AvgIpc) is 2.40. The fraction of sp³-hybridized carbons (Fsp3) is 0.154. The SMILES string of the molecule is Cc1ccncc1CNC(=O)c1ccnc(F)c1F. The third-order valence-electron chi connectivity index (χ3n) is 2.68. The summed E-state index contributed by atoms with van der Waals surface area (Å²) in [5.74, 6) is -3.23. The molecule has 2 aromatic heterocycles. The van der Waals surface area contributed by atoms with E-state index in [0.717, 1.165) is 23.4 Å². The van der Waals surface area contributed by atoms with Gasteiger partial charge < -0.3 is 5.32 Å². The number of aryl methyl sites for hydroxylation is 1. The topological polar surface area (TPSA) is 54.9 Å². The van der Waals surface area contributed by atoms with E-state index in [0.29, 0.717) is 0 Å². The molecule has 0 fully saturated rings. The summed E-state index contributed by atoms with van der Waals surface area (Å²) in [5.41, 5.74) is 1.40. The quantitative estimate of drug-likeness (QED) is 0.862. The fourth-order valence-corrected chi connectivity index (χ4v) is 1.55. The average molecular weight is 263 g/mol. The number of nitrogens with zero attached hydrogens (tertiary/aromatic N) is 2. The summed E-state index contributed by atoms with van der Waals surface area (Å²) in [7, 11) is 0. The Balaban J connectivity index is 2.10. The van der Waals surface area contributed by atoms with E-state index in [4.69, 9.17) is 0 Å². The molecule has 0 saturated carbocycles. The van der Waals surface area contributed by atoms with Crippen molar-refractivity contribution in [3.8, 4) is 0 Å². The van der Waals surface area contributed by atoms with Gasteiger partial charge in [-0.3, -0.25) is 9.78 Å². The van der Waals surface area contributed by atoms with E-state index >= 15 is 0 Å². The van der Waals surface area contributed by atoms with E-state index in [1.165, 1.54) is 0 Å². The largest absolute Gasteiger partial charge is 0.348 e. The molecule has 0 unspecified atom stereocenters. The minimum absolute atomic E-state index is 0.196. The van der Waals surface area contributed by atoms with Crippen molar-refractivity contribution >= 4 is 5.91 Å². The van der Waals surface area contributed by atoms with E-state index < -0.39 is 17.7 Å². The Labute approximate surface area is 108 Å². The summed E-state index contributed by atoms with van der Waals surface area (Å²) in [6, 6.07) is 2.93. The molecule has 0 spiro atoms. The van der Waals surface area contributed by atoms with Gasteiger partial charge in [-0.15, -0.1) is 0 Å². The van der Waals surface area contributed by atoms with Gasteiger partial charge in [-0.05, 0) is 30.2 Å². The normalized spacial score (nSPS) is 10.3. The molecule has 0 saturated heterocycles. The molecule has 0 aliphatic carbocycles. The van der Waals surface area contributed by atoms with Crippen molar-refractivity contribution in [2.24, 2.45) is 0 Å². The second-order valence-electron chi connectivity index (χ2n) is 3.95. The van der Waals surface area contributed by atoms with Crippen LogP contribution < -0.4 is 5.32 Å². The Kier molecular flexibility index (Phi) is 3.79. The second-order valence-corrected chi connectivity index (χ2v) is 3.95. The molecular weight excluding hydrogens is 252 g/mol. The van der Waals surface area contributed by atoms with Crippen LogP contribution in [0, 0.1) is 18.7 Å². The van der Waals surface area contributed by atoms with E-state index in [-0.39, 0.29) is 12.1 Å². The van der Waals surface area contributed by atoms with E-state index in [1.807, 2.05) is 6.92 Å². The van der Waals surface area contributed by atoms with Gasteiger partial charge in [0.15, 0.2) is 5.82 Å². The van der Waals surface area contributed by atoms with Gasteiger partial charge in [0, 0.05) is 25.1 Å². The first kappa shape index (κ1) is 13.1. The number of halogens is 2. The first-order valence-corrected chi connectivity index (χ1v) is 5.57. The Hall–Kier alpha value is -2.37. The van der Waals surface area contributed by atoms with Crippen molar-refractivity contribution in [1.29, 1.82) is 0 Å². The minimum Gasteiger partial charge on any atom is -0.348 e. The van der Waals surface area contributed by atoms with Crippen LogP contribution >= 0.6 is 0 Å². The number of nitrogens with one attached hydrogen (secondary N) is 1. The molecule has 1 N–H and O–H groups in total. The molecule has 0 atom stereocenters. The highest BCUT2D eigenvalue weighted by molar-refractivity contribution is 5.94. The minimum atomic E-state index is -1.29. The van der Waals surface area contributed by atoms with Crippen molar-refractivity contribution in [1.82, 2.24) is 15.3 Å². The molecule has 2 aromatic rings. The Morgan fingerprint density at radius 3 is 2.84 bits per heavy atom. The highest BCUT2D eigenvalue weighted by Gasteiger charge is 2.15. The molecule has 0 aliphatic rings. The van der Waals surface area contributed by atoms with Crippen LogP contribution in [0.15, 0.2) is 30.7 Å². The number of aromatic nitrogens is 2. The smallest absolute Gasteiger partial charge is 0.254 e. The number of hydrogen-bond donors (Lipinski definition) is 1. The van der Waals surface area contributed by atoms with Crippen molar-refractivity contribution in [3.63, 3.8) is 0 Å². The number of pyridine rings is 2. The second kappa shape index (κ2) is 5.51. The predicted molar refractivity (Wildman–Crippen MR) is 64.3 cm³/mol. The van der Waals surface area contributed by atoms with E-state index in [9.17, 15) is 13.6 Å². The van der Waals surface area contributed by atoms with E-state index in [2.05, 4.69) is 15.3 Å². The number of rotatable bonds is 3. The van der Waals surface area contributed by atoms with Crippen LogP contribution in [-0.4, -0.2) is 15.9 Å². The van der Waals surface area contributed by atoms with Gasteiger partial charge in [-0.1, -0.05) is 0 Å². The molecule has 0 aromatic carbocycles. The lowest BCUT2D eigenvalue weighted by Crippen LogP contribution is -2.24. The molecule has 0 aliphatic heterocycles. The van der Waals surface area contributed by atoms with Gasteiger partial charge >= 0.3 is 0 Å². The fourth-order valence-electron chi connectivity index (χ4n) is 1.55. The summed E-state index contributed by atoms with van der Waals surface area (Å²) in [5, 5.41) is 2.51. The molecule has 2 rings (SSSR count). The number of hydrogen-bond acceptors (Lipinski definition) is 3. The van der Waals surface area contributed by atoms with Crippen LogP contribution in [-0.2, 0) is 6.54 Å². The maximum Gasteiger partial charge on any atom is 0.254 e. The van der Waals surface area contributed by atoms with Gasteiger partial charge in [-0.25, -0.2) is 9.37 Å². The highest BCUT2D eigenvalue weighted by Crippen LogP contribution is 2.10. The van der Waals surface area contributed by atoms with Crippen LogP contribution in [0.3, 0.4) is 0 Å². The van der Waals surface area contributed by atoms with Gasteiger partial charge in [0.25, 0.3) is 5.91 Å². The van der Waals surface area contributed by atoms with E-state index in [1.54, 1.807) is 18.5 Å². The molecular formula is C13H11F2N3O. The standard InChI is InChI=1S/C13H11F2N3O/c1-8-2-4-16-6-9(8)7-18-13(19)10-3-5-17-12(15)11(10)14/h2-6H,7H2,1H3,(H,18,19). The van der Waals surface area contributed by atoms with Crippen LogP contribution in [0.4, 0.5) is 8.78 Å². The number of carbonyl (C=O) groups excluding carboxylic acids is 1. The molecule has 6 heteroatoms. The third kappa shape index (κ3) is 2.90. The van der Waals surface area contributed by atoms with Crippen LogP contribution in [0.25, 0.3) is 0 Å². The Morgan fingerprint density at radius 2 is 2.11 bits per heavy atom. The van der Waals surface area contributed by atoms with Crippen molar-refractivity contribution < 1.29 is 13.6 Å². The van der Waals surface area contributed by atoms with Crippen LogP contribution in [0.5, 0.6) is 0 Å². The molecule has 0 bridgehead atoms. The highest BCUT2D eigenvalue weighted by atomic mass is 19.2. The van der Waals surface area contributed by atoms with Gasteiger partial charge in [0.1, 0.15) is 0 Å². The maximum atomic E-state index is 13.3. The van der Waals surface area contributed by atoms with Crippen molar-refractivity contribution in [2.45, 2.75) is 13.5 Å². The van der Waals surface area contributed by atoms with Gasteiger partial charge in [0.05, 0.1) is 5.56 Å². The van der Waals surface area contributed by atoms with Crippen molar-refractivity contribution in [2.75, 3.05) is 0 Å². The third-order valence-corrected chi connectivity index (χ3v) is 2.68. The van der Waals surface area contributed by atoms with Gasteiger partial charge in [0.2, 0.25) is 5.95 Å². The lowest BCUT2D eigenvalue weighted by atomic mass is 10.1. The zero-order valence-corrected chi connectivity index (χ0v) is 10.2. The summed E-state index contributed by atoms with van der Waals surface area (Å²) in [6.07, 6.45) is 4.29. The maximum absolute atomic E-state index is 13.3. The van der Waals surface area contributed by atoms with Crippen molar-refractivity contribution in [3.05, 3.63) is 59.2 Å². The zero-order chi connectivity index (χ0) is 13.8. The first-order valence-electron chi connectivity index (χ1n) is 5.57. The Bertz CT molecular complexity index is 617.